The fraction of sp³-hybridized carbons (Fsp3) is 0.444. The molecule has 2 rings (SSSR count). The lowest BCUT2D eigenvalue weighted by atomic mass is 9.96. The predicted molar refractivity (Wildman–Crippen MR) is 99.2 cm³/mol. The van der Waals surface area contributed by atoms with E-state index in [1.807, 2.05) is 19.1 Å². The quantitative estimate of drug-likeness (QED) is 0.684. The monoisotopic (exact) mass is 359 g/mol. The van der Waals surface area contributed by atoms with E-state index in [2.05, 4.69) is 51.3 Å². The van der Waals surface area contributed by atoms with Crippen LogP contribution >= 0.6 is 0 Å². The molecule has 0 saturated heterocycles. The van der Waals surface area contributed by atoms with Gasteiger partial charge in [0.1, 0.15) is 12.2 Å². The second-order valence-corrected chi connectivity index (χ2v) is 7.21. The standard InChI is InChI=1S/C18H25N5O3/c1-11-12(7-6-8-13(11)19-10-18(2,3)4)16(25)21-17-20-14(22-23-17)9-15(24)26-5/h6-8,19H,9-10H2,1-5H3,(H2,20,21,22,23,25). The number of hydrogen-bond acceptors (Lipinski definition) is 6. The van der Waals surface area contributed by atoms with E-state index < -0.39 is 5.97 Å². The van der Waals surface area contributed by atoms with Crippen LogP contribution in [0.5, 0.6) is 0 Å². The van der Waals surface area contributed by atoms with Gasteiger partial charge in [-0.1, -0.05) is 26.8 Å². The highest BCUT2D eigenvalue weighted by Gasteiger charge is 2.16. The topological polar surface area (TPSA) is 109 Å². The van der Waals surface area contributed by atoms with Crippen molar-refractivity contribution >= 4 is 23.5 Å². The molecule has 26 heavy (non-hydrogen) atoms. The van der Waals surface area contributed by atoms with Crippen LogP contribution in [0.25, 0.3) is 0 Å². The van der Waals surface area contributed by atoms with Crippen molar-refractivity contribution in [1.82, 2.24) is 15.2 Å². The fourth-order valence-corrected chi connectivity index (χ4v) is 2.24. The number of esters is 1. The van der Waals surface area contributed by atoms with Crippen LogP contribution in [-0.2, 0) is 16.0 Å². The Morgan fingerprint density at radius 2 is 2.00 bits per heavy atom. The zero-order chi connectivity index (χ0) is 19.3. The van der Waals surface area contributed by atoms with Gasteiger partial charge in [-0.15, -0.1) is 5.10 Å². The van der Waals surface area contributed by atoms with Gasteiger partial charge in [-0.05, 0) is 30.0 Å². The summed E-state index contributed by atoms with van der Waals surface area (Å²) in [6.07, 6.45) is -0.0371. The van der Waals surface area contributed by atoms with Crippen molar-refractivity contribution in [3.8, 4) is 0 Å². The van der Waals surface area contributed by atoms with E-state index in [-0.39, 0.29) is 23.7 Å². The van der Waals surface area contributed by atoms with E-state index in [4.69, 9.17) is 0 Å². The van der Waals surface area contributed by atoms with Crippen molar-refractivity contribution < 1.29 is 14.3 Å². The minimum atomic E-state index is -0.438. The summed E-state index contributed by atoms with van der Waals surface area (Å²) in [5, 5.41) is 12.5. The molecule has 0 spiro atoms. The van der Waals surface area contributed by atoms with E-state index in [0.717, 1.165) is 17.8 Å². The Labute approximate surface area is 152 Å². The van der Waals surface area contributed by atoms with Crippen molar-refractivity contribution in [1.29, 1.82) is 0 Å². The molecule has 0 bridgehead atoms. The maximum Gasteiger partial charge on any atom is 0.313 e. The lowest BCUT2D eigenvalue weighted by Gasteiger charge is -2.21. The molecule has 0 saturated carbocycles. The number of benzene rings is 1. The number of hydrogen-bond donors (Lipinski definition) is 3. The lowest BCUT2D eigenvalue weighted by Crippen LogP contribution is -2.20. The van der Waals surface area contributed by atoms with Crippen LogP contribution in [-0.4, -0.2) is 40.7 Å². The molecule has 0 fully saturated rings. The number of rotatable bonds is 6. The molecule has 1 aromatic heterocycles. The number of ether oxygens (including phenoxy) is 1. The van der Waals surface area contributed by atoms with Crippen LogP contribution in [0, 0.1) is 12.3 Å². The highest BCUT2D eigenvalue weighted by Crippen LogP contribution is 2.22. The normalized spacial score (nSPS) is 11.1. The van der Waals surface area contributed by atoms with E-state index in [9.17, 15) is 9.59 Å². The Kier molecular flexibility index (Phi) is 5.97. The first-order chi connectivity index (χ1) is 12.2. The lowest BCUT2D eigenvalue weighted by molar-refractivity contribution is -0.139. The molecule has 0 atom stereocenters. The Hall–Kier alpha value is -2.90. The number of carbonyl (C=O) groups is 2. The minimum absolute atomic E-state index is 0.0371. The SMILES string of the molecule is COC(=O)Cc1nc(NC(=O)c2cccc(NCC(C)(C)C)c2C)n[nH]1. The van der Waals surface area contributed by atoms with Crippen molar-refractivity contribution in [2.45, 2.75) is 34.1 Å². The zero-order valence-corrected chi connectivity index (χ0v) is 15.8. The first kappa shape index (κ1) is 19.4. The summed E-state index contributed by atoms with van der Waals surface area (Å²) < 4.78 is 4.57. The van der Waals surface area contributed by atoms with Gasteiger partial charge in [0.05, 0.1) is 7.11 Å². The average molecular weight is 359 g/mol. The highest BCUT2D eigenvalue weighted by molar-refractivity contribution is 6.05. The van der Waals surface area contributed by atoms with Gasteiger partial charge in [0.15, 0.2) is 0 Å². The molecule has 0 radical (unpaired) electrons. The molecule has 8 heteroatoms. The zero-order valence-electron chi connectivity index (χ0n) is 15.8. The van der Waals surface area contributed by atoms with Gasteiger partial charge in [0.2, 0.25) is 5.95 Å². The summed E-state index contributed by atoms with van der Waals surface area (Å²) in [4.78, 5) is 27.9. The van der Waals surface area contributed by atoms with E-state index in [1.165, 1.54) is 7.11 Å². The van der Waals surface area contributed by atoms with E-state index in [0.29, 0.717) is 11.4 Å². The average Bonchev–Trinajstić information content (AvgIpc) is 2.99. The molecule has 0 aliphatic rings. The van der Waals surface area contributed by atoms with E-state index in [1.54, 1.807) is 6.07 Å². The third-order valence-electron chi connectivity index (χ3n) is 3.68. The molecule has 0 aliphatic carbocycles. The number of methoxy groups -OCH3 is 1. The number of nitrogens with one attached hydrogen (secondary N) is 3. The summed E-state index contributed by atoms with van der Waals surface area (Å²) in [6, 6.07) is 5.52. The number of amides is 1. The number of anilines is 2. The first-order valence-corrected chi connectivity index (χ1v) is 8.32. The molecule has 2 aromatic rings. The maximum atomic E-state index is 12.6. The minimum Gasteiger partial charge on any atom is -0.469 e. The van der Waals surface area contributed by atoms with Gasteiger partial charge in [0.25, 0.3) is 5.91 Å². The molecule has 0 aliphatic heterocycles. The Morgan fingerprint density at radius 1 is 1.27 bits per heavy atom. The summed E-state index contributed by atoms with van der Waals surface area (Å²) in [7, 11) is 1.30. The molecule has 0 unspecified atom stereocenters. The molecule has 1 amide bonds. The number of carbonyl (C=O) groups excluding carboxylic acids is 2. The number of aromatic nitrogens is 3. The molecule has 1 aromatic carbocycles. The third kappa shape index (κ3) is 5.30. The van der Waals surface area contributed by atoms with Crippen LogP contribution < -0.4 is 10.6 Å². The molecule has 140 valence electrons. The molecule has 1 heterocycles. The van der Waals surface area contributed by atoms with Crippen molar-refractivity contribution in [3.05, 3.63) is 35.2 Å². The molecule has 3 N–H and O–H groups in total. The molecular formula is C18H25N5O3. The first-order valence-electron chi connectivity index (χ1n) is 8.32. The predicted octanol–water partition coefficient (Wildman–Crippen LogP) is 2.54. The van der Waals surface area contributed by atoms with Gasteiger partial charge >= 0.3 is 5.97 Å². The summed E-state index contributed by atoms with van der Waals surface area (Å²) >= 11 is 0. The van der Waals surface area contributed by atoms with Gasteiger partial charge in [-0.25, -0.2) is 0 Å². The number of aromatic amines is 1. The molecule has 8 nitrogen and oxygen atoms in total. The van der Waals surface area contributed by atoms with Crippen molar-refractivity contribution in [3.63, 3.8) is 0 Å². The number of H-pyrrole nitrogens is 1. The Balaban J connectivity index is 2.09. The van der Waals surface area contributed by atoms with Crippen LogP contribution in [0.4, 0.5) is 11.6 Å². The van der Waals surface area contributed by atoms with Gasteiger partial charge < -0.3 is 10.1 Å². The van der Waals surface area contributed by atoms with Crippen LogP contribution in [0.2, 0.25) is 0 Å². The second-order valence-electron chi connectivity index (χ2n) is 7.21. The summed E-state index contributed by atoms with van der Waals surface area (Å²) in [6.45, 7) is 9.10. The third-order valence-corrected chi connectivity index (χ3v) is 3.68. The summed E-state index contributed by atoms with van der Waals surface area (Å²) in [5.41, 5.74) is 2.41. The van der Waals surface area contributed by atoms with Crippen LogP contribution in [0.1, 0.15) is 42.5 Å². The Morgan fingerprint density at radius 3 is 2.65 bits per heavy atom. The van der Waals surface area contributed by atoms with Crippen LogP contribution in [0.3, 0.4) is 0 Å². The van der Waals surface area contributed by atoms with Gasteiger partial charge in [-0.3, -0.25) is 20.0 Å². The summed E-state index contributed by atoms with van der Waals surface area (Å²) in [5.74, 6) is -0.316. The smallest absolute Gasteiger partial charge is 0.313 e. The van der Waals surface area contributed by atoms with Gasteiger partial charge in [-0.2, -0.15) is 4.98 Å². The maximum absolute atomic E-state index is 12.6. The van der Waals surface area contributed by atoms with Crippen molar-refractivity contribution in [2.24, 2.45) is 5.41 Å². The second kappa shape index (κ2) is 7.99. The largest absolute Gasteiger partial charge is 0.469 e. The highest BCUT2D eigenvalue weighted by atomic mass is 16.5. The van der Waals surface area contributed by atoms with Crippen molar-refractivity contribution in [2.75, 3.05) is 24.3 Å². The van der Waals surface area contributed by atoms with E-state index >= 15 is 0 Å². The molecular weight excluding hydrogens is 334 g/mol. The Bertz CT molecular complexity index is 792. The fourth-order valence-electron chi connectivity index (χ4n) is 2.24. The van der Waals surface area contributed by atoms with Gasteiger partial charge in [0, 0.05) is 17.8 Å². The van der Waals surface area contributed by atoms with Crippen LogP contribution in [0.15, 0.2) is 18.2 Å². The number of nitrogens with zero attached hydrogens (tertiary/aromatic N) is 2.